The van der Waals surface area contributed by atoms with Crippen molar-refractivity contribution < 1.29 is 13.9 Å². The molecule has 0 aliphatic heterocycles. The molecule has 4 aromatic rings. The van der Waals surface area contributed by atoms with Crippen LogP contribution in [0.15, 0.2) is 59.5 Å². The maximum atomic E-state index is 12.0. The van der Waals surface area contributed by atoms with Gasteiger partial charge in [-0.1, -0.05) is 12.1 Å². The summed E-state index contributed by atoms with van der Waals surface area (Å²) in [5.74, 6) is 0.760. The van der Waals surface area contributed by atoms with Crippen molar-refractivity contribution in [2.75, 3.05) is 11.1 Å². The number of carbonyl (C=O) groups is 1. The molecule has 0 unspecified atom stereocenters. The molecule has 0 radical (unpaired) electrons. The Morgan fingerprint density at radius 2 is 2.03 bits per heavy atom. The number of nitrogens with one attached hydrogen (secondary N) is 2. The largest absolute Gasteiger partial charge is 0.487 e. The highest BCUT2D eigenvalue weighted by Gasteiger charge is 2.27. The van der Waals surface area contributed by atoms with Gasteiger partial charge < -0.3 is 30.1 Å². The van der Waals surface area contributed by atoms with Crippen molar-refractivity contribution in [2.24, 2.45) is 0 Å². The van der Waals surface area contributed by atoms with Crippen LogP contribution in [-0.2, 0) is 6.61 Å². The van der Waals surface area contributed by atoms with Crippen LogP contribution in [0.4, 0.5) is 16.2 Å². The van der Waals surface area contributed by atoms with E-state index in [0.29, 0.717) is 12.6 Å². The highest BCUT2D eigenvalue weighted by molar-refractivity contribution is 6.02. The van der Waals surface area contributed by atoms with E-state index in [1.165, 1.54) is 12.8 Å². The molecule has 8 nitrogen and oxygen atoms in total. The molecule has 0 saturated heterocycles. The van der Waals surface area contributed by atoms with Gasteiger partial charge in [-0.3, -0.25) is 0 Å². The number of nitrogens with zero attached hydrogens (tertiary/aromatic N) is 2. The minimum atomic E-state index is -0.219. The van der Waals surface area contributed by atoms with Gasteiger partial charge in [0.1, 0.15) is 24.3 Å². The van der Waals surface area contributed by atoms with Crippen LogP contribution in [0.25, 0.3) is 22.2 Å². The molecule has 2 aromatic heterocycles. The number of hydrogen-bond donors (Lipinski definition) is 3. The first-order valence-corrected chi connectivity index (χ1v) is 11.6. The number of rotatable bonds is 7. The van der Waals surface area contributed by atoms with Crippen LogP contribution in [0, 0.1) is 0 Å². The third-order valence-corrected chi connectivity index (χ3v) is 6.16. The fraction of sp³-hybridized carbons (Fsp3) is 0.308. The number of oxazole rings is 1. The zero-order chi connectivity index (χ0) is 23.7. The van der Waals surface area contributed by atoms with Crippen LogP contribution in [0.2, 0.25) is 0 Å². The molecule has 8 heteroatoms. The second-order valence-corrected chi connectivity index (χ2v) is 8.99. The van der Waals surface area contributed by atoms with E-state index in [-0.39, 0.29) is 12.1 Å². The van der Waals surface area contributed by atoms with Crippen LogP contribution in [-0.4, -0.2) is 21.6 Å². The van der Waals surface area contributed by atoms with E-state index in [2.05, 4.69) is 26.3 Å². The van der Waals surface area contributed by atoms with Gasteiger partial charge in [-0.15, -0.1) is 0 Å². The summed E-state index contributed by atoms with van der Waals surface area (Å²) in [5, 5.41) is 6.71. The number of urea groups is 1. The number of aromatic nitrogens is 2. The third kappa shape index (κ3) is 4.31. The molecule has 1 saturated carbocycles. The Hall–Kier alpha value is -3.94. The quantitative estimate of drug-likeness (QED) is 0.328. The summed E-state index contributed by atoms with van der Waals surface area (Å²) >= 11 is 0. The summed E-state index contributed by atoms with van der Waals surface area (Å²) in [6.07, 6.45) is 6.43. The molecule has 1 aliphatic rings. The molecular weight excluding hydrogens is 430 g/mol. The Morgan fingerprint density at radius 1 is 1.24 bits per heavy atom. The summed E-state index contributed by atoms with van der Waals surface area (Å²) in [5.41, 5.74) is 12.0. The normalized spacial score (nSPS) is 13.7. The predicted octanol–water partition coefficient (Wildman–Crippen LogP) is 5.71. The zero-order valence-corrected chi connectivity index (χ0v) is 19.4. The first-order chi connectivity index (χ1) is 16.5. The Bertz CT molecular complexity index is 1290. The lowest BCUT2D eigenvalue weighted by Gasteiger charge is -2.30. The van der Waals surface area contributed by atoms with Gasteiger partial charge >= 0.3 is 6.03 Å². The van der Waals surface area contributed by atoms with Crippen molar-refractivity contribution in [3.8, 4) is 17.0 Å². The number of nitrogen functional groups attached to an aromatic ring is 1. The number of carbonyl (C=O) groups excluding carboxylic acids is 1. The van der Waals surface area contributed by atoms with Crippen LogP contribution in [0.5, 0.6) is 5.75 Å². The summed E-state index contributed by atoms with van der Waals surface area (Å²) in [6, 6.07) is 14.1. The lowest BCUT2D eigenvalue weighted by Crippen LogP contribution is -2.34. The number of ether oxygens (including phenoxy) is 1. The van der Waals surface area contributed by atoms with Crippen LogP contribution in [0.1, 0.15) is 44.8 Å². The fourth-order valence-corrected chi connectivity index (χ4v) is 4.33. The van der Waals surface area contributed by atoms with E-state index < -0.39 is 0 Å². The minimum Gasteiger partial charge on any atom is -0.487 e. The molecule has 0 atom stereocenters. The number of hydrogen-bond acceptors (Lipinski definition) is 5. The van der Waals surface area contributed by atoms with Crippen molar-refractivity contribution in [3.63, 3.8) is 0 Å². The monoisotopic (exact) mass is 459 g/mol. The molecule has 0 spiro atoms. The van der Waals surface area contributed by atoms with E-state index >= 15 is 0 Å². The SMILES string of the molecule is CC(C)NC(=O)Nc1ccc(-c2c(N)c3ccc(OCc4cocn4)cc3n2C2CCC2)cc1. The Labute approximate surface area is 198 Å². The van der Waals surface area contributed by atoms with E-state index in [4.69, 9.17) is 14.9 Å². The first kappa shape index (κ1) is 21.9. The van der Waals surface area contributed by atoms with Gasteiger partial charge in [0.05, 0.1) is 16.9 Å². The van der Waals surface area contributed by atoms with E-state index in [1.54, 1.807) is 6.26 Å². The summed E-state index contributed by atoms with van der Waals surface area (Å²) in [7, 11) is 0. The zero-order valence-electron chi connectivity index (χ0n) is 19.4. The van der Waals surface area contributed by atoms with Crippen molar-refractivity contribution in [1.82, 2.24) is 14.9 Å². The summed E-state index contributed by atoms with van der Waals surface area (Å²) in [4.78, 5) is 16.1. The molecule has 2 amide bonds. The van der Waals surface area contributed by atoms with Gasteiger partial charge in [0.2, 0.25) is 0 Å². The average Bonchev–Trinajstić information content (AvgIpc) is 3.38. The van der Waals surface area contributed by atoms with Crippen molar-refractivity contribution in [3.05, 3.63) is 60.8 Å². The van der Waals surface area contributed by atoms with Crippen LogP contribution >= 0.6 is 0 Å². The van der Waals surface area contributed by atoms with Gasteiger partial charge in [-0.2, -0.15) is 0 Å². The molecule has 176 valence electrons. The standard InChI is InChI=1S/C26H29N5O3/c1-16(2)29-26(32)30-18-8-6-17(7-9-18)25-24(27)22-11-10-21(34-14-19-13-33-15-28-19)12-23(22)31(25)20-4-3-5-20/h6-13,15-16,20H,3-5,14,27H2,1-2H3,(H2,29,30,32). The van der Waals surface area contributed by atoms with Gasteiger partial charge in [0.25, 0.3) is 0 Å². The summed E-state index contributed by atoms with van der Waals surface area (Å²) in [6.45, 7) is 4.19. The van der Waals surface area contributed by atoms with Crippen molar-refractivity contribution in [1.29, 1.82) is 0 Å². The van der Waals surface area contributed by atoms with Gasteiger partial charge in [0, 0.05) is 34.8 Å². The van der Waals surface area contributed by atoms with Crippen LogP contribution in [0.3, 0.4) is 0 Å². The van der Waals surface area contributed by atoms with Crippen molar-refractivity contribution in [2.45, 2.75) is 51.8 Å². The number of nitrogens with two attached hydrogens (primary N) is 1. The number of fused-ring (bicyclic) bond motifs is 1. The fourth-order valence-electron chi connectivity index (χ4n) is 4.33. The molecular formula is C26H29N5O3. The average molecular weight is 460 g/mol. The van der Waals surface area contributed by atoms with E-state index in [9.17, 15) is 4.79 Å². The lowest BCUT2D eigenvalue weighted by atomic mass is 9.92. The Kier molecular flexibility index (Phi) is 5.88. The van der Waals surface area contributed by atoms with Gasteiger partial charge in [0.15, 0.2) is 6.39 Å². The highest BCUT2D eigenvalue weighted by Crippen LogP contribution is 2.45. The number of anilines is 2. The second kappa shape index (κ2) is 9.13. The smallest absolute Gasteiger partial charge is 0.319 e. The van der Waals surface area contributed by atoms with E-state index in [1.807, 2.05) is 50.2 Å². The maximum absolute atomic E-state index is 12.0. The first-order valence-electron chi connectivity index (χ1n) is 11.6. The molecule has 34 heavy (non-hydrogen) atoms. The number of benzene rings is 2. The number of amides is 2. The van der Waals surface area contributed by atoms with E-state index in [0.717, 1.165) is 57.8 Å². The Morgan fingerprint density at radius 3 is 2.68 bits per heavy atom. The topological polar surface area (TPSA) is 107 Å². The van der Waals surface area contributed by atoms with Gasteiger partial charge in [-0.05, 0) is 57.4 Å². The van der Waals surface area contributed by atoms with Gasteiger partial charge in [-0.25, -0.2) is 9.78 Å². The molecule has 0 bridgehead atoms. The predicted molar refractivity (Wildman–Crippen MR) is 133 cm³/mol. The molecule has 5 rings (SSSR count). The minimum absolute atomic E-state index is 0.0714. The highest BCUT2D eigenvalue weighted by atomic mass is 16.5. The molecule has 1 fully saturated rings. The molecule has 2 heterocycles. The molecule has 4 N–H and O–H groups in total. The second-order valence-electron chi connectivity index (χ2n) is 8.99. The maximum Gasteiger partial charge on any atom is 0.319 e. The summed E-state index contributed by atoms with van der Waals surface area (Å²) < 4.78 is 13.3. The van der Waals surface area contributed by atoms with Crippen LogP contribution < -0.4 is 21.1 Å². The molecule has 2 aromatic carbocycles. The van der Waals surface area contributed by atoms with Crippen molar-refractivity contribution >= 4 is 28.3 Å². The Balaban J connectivity index is 1.47. The third-order valence-electron chi connectivity index (χ3n) is 6.16. The lowest BCUT2D eigenvalue weighted by molar-refractivity contribution is 0.250. The molecule has 1 aliphatic carbocycles.